The van der Waals surface area contributed by atoms with Crippen LogP contribution in [0, 0.1) is 11.7 Å². The van der Waals surface area contributed by atoms with Crippen LogP contribution in [0.4, 0.5) is 4.39 Å². The summed E-state index contributed by atoms with van der Waals surface area (Å²) in [6, 6.07) is 4.43. The van der Waals surface area contributed by atoms with Crippen molar-refractivity contribution in [1.29, 1.82) is 0 Å². The summed E-state index contributed by atoms with van der Waals surface area (Å²) in [7, 11) is 0. The summed E-state index contributed by atoms with van der Waals surface area (Å²) in [4.78, 5) is 4.30. The highest BCUT2D eigenvalue weighted by atomic mass is 35.5. The van der Waals surface area contributed by atoms with Gasteiger partial charge in [-0.05, 0) is 43.7 Å². The van der Waals surface area contributed by atoms with E-state index in [1.54, 1.807) is 6.07 Å². The molecule has 0 radical (unpaired) electrons. The quantitative estimate of drug-likeness (QED) is 0.914. The topological polar surface area (TPSA) is 64.9 Å². The predicted molar refractivity (Wildman–Crippen MR) is 78.2 cm³/mol. The van der Waals surface area contributed by atoms with Gasteiger partial charge in [-0.3, -0.25) is 0 Å². The van der Waals surface area contributed by atoms with Crippen LogP contribution in [0.3, 0.4) is 0 Å². The van der Waals surface area contributed by atoms with Gasteiger partial charge in [0.2, 0.25) is 0 Å². The molecule has 1 aromatic heterocycles. The molecule has 0 spiro atoms. The summed E-state index contributed by atoms with van der Waals surface area (Å²) in [5, 5.41) is 4.20. The number of hydrogen-bond acceptors (Lipinski definition) is 4. The van der Waals surface area contributed by atoms with Gasteiger partial charge in [0.05, 0.1) is 16.1 Å². The Morgan fingerprint density at radius 3 is 2.76 bits per heavy atom. The van der Waals surface area contributed by atoms with Gasteiger partial charge in [0.1, 0.15) is 5.82 Å². The number of benzene rings is 1. The molecule has 21 heavy (non-hydrogen) atoms. The number of aromatic nitrogens is 2. The highest BCUT2D eigenvalue weighted by Crippen LogP contribution is 2.37. The molecule has 2 aromatic rings. The molecule has 1 heterocycles. The molecule has 2 N–H and O–H groups in total. The Morgan fingerprint density at radius 1 is 1.38 bits per heavy atom. The van der Waals surface area contributed by atoms with Crippen molar-refractivity contribution in [2.24, 2.45) is 11.7 Å². The van der Waals surface area contributed by atoms with Gasteiger partial charge in [0.15, 0.2) is 5.82 Å². The normalized spacial score (nSPS) is 26.0. The van der Waals surface area contributed by atoms with Crippen LogP contribution < -0.4 is 5.73 Å². The van der Waals surface area contributed by atoms with Crippen LogP contribution in [0.25, 0.3) is 11.5 Å². The van der Waals surface area contributed by atoms with E-state index in [4.69, 9.17) is 21.9 Å². The standard InChI is InChI=1S/C15H17ClFN3O/c1-9-5-7-15(18,8-6-9)14-19-13(21-20-14)12-10(16)3-2-4-11(12)17/h2-4,9H,5-8,18H2,1H3. The third-order valence-electron chi connectivity index (χ3n) is 4.21. The van der Waals surface area contributed by atoms with E-state index in [2.05, 4.69) is 17.1 Å². The molecule has 112 valence electrons. The number of nitrogens with zero attached hydrogens (tertiary/aromatic N) is 2. The molecule has 0 saturated heterocycles. The van der Waals surface area contributed by atoms with Crippen molar-refractivity contribution in [3.05, 3.63) is 34.9 Å². The van der Waals surface area contributed by atoms with Crippen LogP contribution in [0.5, 0.6) is 0 Å². The van der Waals surface area contributed by atoms with E-state index < -0.39 is 11.4 Å². The van der Waals surface area contributed by atoms with Crippen LogP contribution in [0.1, 0.15) is 38.4 Å². The second-order valence-electron chi connectivity index (χ2n) is 5.86. The second-order valence-corrected chi connectivity index (χ2v) is 6.27. The van der Waals surface area contributed by atoms with Gasteiger partial charge >= 0.3 is 0 Å². The number of halogens is 2. The van der Waals surface area contributed by atoms with Crippen molar-refractivity contribution in [3.8, 4) is 11.5 Å². The molecule has 1 aliphatic rings. The van der Waals surface area contributed by atoms with Crippen molar-refractivity contribution in [2.75, 3.05) is 0 Å². The van der Waals surface area contributed by atoms with Gasteiger partial charge in [0, 0.05) is 0 Å². The lowest BCUT2D eigenvalue weighted by Crippen LogP contribution is -2.41. The fourth-order valence-corrected chi connectivity index (χ4v) is 2.97. The Labute approximate surface area is 127 Å². The molecule has 1 aromatic carbocycles. The highest BCUT2D eigenvalue weighted by molar-refractivity contribution is 6.33. The summed E-state index contributed by atoms with van der Waals surface area (Å²) < 4.78 is 19.1. The van der Waals surface area contributed by atoms with Crippen LogP contribution in [0.2, 0.25) is 5.02 Å². The highest BCUT2D eigenvalue weighted by Gasteiger charge is 2.36. The fourth-order valence-electron chi connectivity index (χ4n) is 2.73. The number of hydrogen-bond donors (Lipinski definition) is 1. The van der Waals surface area contributed by atoms with Crippen LogP contribution in [0.15, 0.2) is 22.7 Å². The van der Waals surface area contributed by atoms with E-state index in [1.807, 2.05) is 0 Å². The van der Waals surface area contributed by atoms with Gasteiger partial charge in [-0.1, -0.05) is 29.7 Å². The molecule has 3 rings (SSSR count). The van der Waals surface area contributed by atoms with Crippen molar-refractivity contribution >= 4 is 11.6 Å². The van der Waals surface area contributed by atoms with E-state index in [0.29, 0.717) is 11.7 Å². The van der Waals surface area contributed by atoms with Crippen molar-refractivity contribution in [1.82, 2.24) is 10.1 Å². The summed E-state index contributed by atoms with van der Waals surface area (Å²) in [6.07, 6.45) is 3.66. The van der Waals surface area contributed by atoms with Gasteiger partial charge in [0.25, 0.3) is 5.89 Å². The zero-order valence-electron chi connectivity index (χ0n) is 11.8. The summed E-state index contributed by atoms with van der Waals surface area (Å²) >= 11 is 6.01. The van der Waals surface area contributed by atoms with Crippen LogP contribution in [-0.4, -0.2) is 10.1 Å². The molecular formula is C15H17ClFN3O. The summed E-state index contributed by atoms with van der Waals surface area (Å²) in [5.74, 6) is 0.690. The van der Waals surface area contributed by atoms with Gasteiger partial charge in [-0.15, -0.1) is 0 Å². The number of nitrogens with two attached hydrogens (primary N) is 1. The average Bonchev–Trinajstić information content (AvgIpc) is 2.92. The summed E-state index contributed by atoms with van der Waals surface area (Å²) in [5.41, 5.74) is 5.94. The van der Waals surface area contributed by atoms with Crippen molar-refractivity contribution in [3.63, 3.8) is 0 Å². The summed E-state index contributed by atoms with van der Waals surface area (Å²) in [6.45, 7) is 2.21. The molecule has 0 atom stereocenters. The molecular weight excluding hydrogens is 293 g/mol. The smallest absolute Gasteiger partial charge is 0.262 e. The lowest BCUT2D eigenvalue weighted by atomic mass is 9.77. The largest absolute Gasteiger partial charge is 0.334 e. The molecule has 0 aliphatic heterocycles. The second kappa shape index (κ2) is 5.39. The lowest BCUT2D eigenvalue weighted by Gasteiger charge is -2.33. The molecule has 4 nitrogen and oxygen atoms in total. The van der Waals surface area contributed by atoms with Gasteiger partial charge < -0.3 is 10.3 Å². The fraction of sp³-hybridized carbons (Fsp3) is 0.467. The Morgan fingerprint density at radius 2 is 2.10 bits per heavy atom. The first-order chi connectivity index (χ1) is 9.99. The molecule has 0 amide bonds. The third-order valence-corrected chi connectivity index (χ3v) is 4.53. The first kappa shape index (κ1) is 14.5. The van der Waals surface area contributed by atoms with E-state index in [9.17, 15) is 4.39 Å². The van der Waals surface area contributed by atoms with E-state index in [1.165, 1.54) is 12.1 Å². The first-order valence-electron chi connectivity index (χ1n) is 7.07. The number of rotatable bonds is 2. The van der Waals surface area contributed by atoms with Crippen LogP contribution >= 0.6 is 11.6 Å². The van der Waals surface area contributed by atoms with Gasteiger partial charge in [-0.25, -0.2) is 4.39 Å². The Hall–Kier alpha value is -1.46. The molecule has 0 bridgehead atoms. The van der Waals surface area contributed by atoms with E-state index in [0.717, 1.165) is 25.7 Å². The molecule has 1 aliphatic carbocycles. The van der Waals surface area contributed by atoms with Crippen molar-refractivity contribution in [2.45, 2.75) is 38.1 Å². The Kier molecular flexibility index (Phi) is 3.71. The predicted octanol–water partition coefficient (Wildman–Crippen LogP) is 3.89. The maximum Gasteiger partial charge on any atom is 0.262 e. The first-order valence-corrected chi connectivity index (χ1v) is 7.45. The monoisotopic (exact) mass is 309 g/mol. The zero-order valence-corrected chi connectivity index (χ0v) is 12.5. The van der Waals surface area contributed by atoms with Crippen molar-refractivity contribution < 1.29 is 8.91 Å². The average molecular weight is 310 g/mol. The SMILES string of the molecule is CC1CCC(N)(c2noc(-c3c(F)cccc3Cl)n2)CC1. The minimum Gasteiger partial charge on any atom is -0.334 e. The molecule has 1 saturated carbocycles. The van der Waals surface area contributed by atoms with Crippen LogP contribution in [-0.2, 0) is 5.54 Å². The molecule has 0 unspecified atom stereocenters. The minimum absolute atomic E-state index is 0.0801. The minimum atomic E-state index is -0.591. The Balaban J connectivity index is 1.94. The van der Waals surface area contributed by atoms with Gasteiger partial charge in [-0.2, -0.15) is 4.98 Å². The lowest BCUT2D eigenvalue weighted by molar-refractivity contribution is 0.230. The molecule has 6 heteroatoms. The maximum absolute atomic E-state index is 13.9. The zero-order chi connectivity index (χ0) is 15.0. The third kappa shape index (κ3) is 2.68. The van der Waals surface area contributed by atoms with E-state index >= 15 is 0 Å². The Bertz CT molecular complexity index is 630. The van der Waals surface area contributed by atoms with E-state index in [-0.39, 0.29) is 16.5 Å². The molecule has 1 fully saturated rings. The maximum atomic E-state index is 13.9.